The van der Waals surface area contributed by atoms with Crippen LogP contribution < -0.4 is 0 Å². The van der Waals surface area contributed by atoms with Gasteiger partial charge in [-0.25, -0.2) is 9.59 Å². The molecule has 0 heterocycles. The van der Waals surface area contributed by atoms with Gasteiger partial charge >= 0.3 is 36.2 Å². The molecule has 16 nitrogen and oxygen atoms in total. The molecule has 16 heteroatoms. The predicted molar refractivity (Wildman–Crippen MR) is 130 cm³/mol. The van der Waals surface area contributed by atoms with Crippen molar-refractivity contribution in [2.75, 3.05) is 80.3 Å². The molecule has 230 valence electrons. The van der Waals surface area contributed by atoms with Gasteiger partial charge in [-0.15, -0.1) is 0 Å². The van der Waals surface area contributed by atoms with Crippen molar-refractivity contribution in [1.29, 1.82) is 0 Å². The first-order chi connectivity index (χ1) is 18.8. The summed E-state index contributed by atoms with van der Waals surface area (Å²) in [4.78, 5) is 70.7. The number of methoxy groups -OCH3 is 2. The van der Waals surface area contributed by atoms with Gasteiger partial charge in [0.25, 0.3) is 0 Å². The lowest BCUT2D eigenvalue weighted by molar-refractivity contribution is -0.174. The molecule has 2 atom stereocenters. The molecule has 0 bridgehead atoms. The second kappa shape index (κ2) is 19.4. The van der Waals surface area contributed by atoms with Crippen LogP contribution in [0, 0.1) is 10.8 Å². The molecule has 0 aliphatic rings. The smallest absolute Gasteiger partial charge is 0.465 e. The van der Waals surface area contributed by atoms with Crippen LogP contribution in [0.15, 0.2) is 0 Å². The number of esters is 4. The maximum atomic E-state index is 12.7. The summed E-state index contributed by atoms with van der Waals surface area (Å²) in [6.07, 6.45) is -2.18. The lowest BCUT2D eigenvalue weighted by Gasteiger charge is -2.27. The highest BCUT2D eigenvalue weighted by molar-refractivity contribution is 5.78. The first kappa shape index (κ1) is 36.3. The molecule has 0 spiro atoms. The van der Waals surface area contributed by atoms with E-state index in [2.05, 4.69) is 9.47 Å². The number of rotatable bonds is 19. The molecule has 0 aromatic carbocycles. The summed E-state index contributed by atoms with van der Waals surface area (Å²) in [5, 5.41) is 0. The fourth-order valence-electron chi connectivity index (χ4n) is 2.54. The minimum Gasteiger partial charge on any atom is -0.465 e. The fourth-order valence-corrected chi connectivity index (χ4v) is 2.54. The summed E-state index contributed by atoms with van der Waals surface area (Å²) in [5.74, 6) is -2.98. The Balaban J connectivity index is 4.76. The summed E-state index contributed by atoms with van der Waals surface area (Å²) >= 11 is 0. The van der Waals surface area contributed by atoms with Gasteiger partial charge in [-0.3, -0.25) is 19.2 Å². The Labute approximate surface area is 231 Å². The molecule has 0 saturated carbocycles. The lowest BCUT2D eigenvalue weighted by atomic mass is 9.93. The third kappa shape index (κ3) is 15.7. The van der Waals surface area contributed by atoms with Gasteiger partial charge in [0.2, 0.25) is 0 Å². The van der Waals surface area contributed by atoms with E-state index in [4.69, 9.17) is 37.9 Å². The minimum atomic E-state index is -1.64. The molecule has 0 amide bonds. The van der Waals surface area contributed by atoms with Gasteiger partial charge in [-0.2, -0.15) is 0 Å². The summed E-state index contributed by atoms with van der Waals surface area (Å²) < 4.78 is 48.7. The highest BCUT2D eigenvalue weighted by Gasteiger charge is 2.39. The fraction of sp³-hybridized carbons (Fsp3) is 0.750. The molecule has 0 rings (SSSR count). The quantitative estimate of drug-likeness (QED) is 0.118. The lowest BCUT2D eigenvalue weighted by Crippen LogP contribution is -2.41. The Morgan fingerprint density at radius 1 is 0.450 bits per heavy atom. The zero-order valence-electron chi connectivity index (χ0n) is 23.6. The molecule has 0 fully saturated rings. The topological polar surface area (TPSA) is 195 Å². The summed E-state index contributed by atoms with van der Waals surface area (Å²) in [6, 6.07) is 0. The van der Waals surface area contributed by atoms with Crippen LogP contribution in [-0.2, 0) is 66.5 Å². The average molecular weight is 583 g/mol. The van der Waals surface area contributed by atoms with Crippen LogP contribution in [0.2, 0.25) is 0 Å². The van der Waals surface area contributed by atoms with Gasteiger partial charge in [-0.05, 0) is 13.8 Å². The van der Waals surface area contributed by atoms with Crippen molar-refractivity contribution in [3.05, 3.63) is 0 Å². The molecule has 0 aromatic heterocycles. The highest BCUT2D eigenvalue weighted by atomic mass is 16.7. The zero-order chi connectivity index (χ0) is 30.6. The van der Waals surface area contributed by atoms with E-state index < -0.39 is 60.2 Å². The van der Waals surface area contributed by atoms with Crippen LogP contribution in [0.5, 0.6) is 0 Å². The molecular formula is C24H38O16. The zero-order valence-corrected chi connectivity index (χ0v) is 23.6. The van der Waals surface area contributed by atoms with E-state index in [1.165, 1.54) is 35.0 Å². The van der Waals surface area contributed by atoms with Crippen LogP contribution in [0.1, 0.15) is 27.7 Å². The van der Waals surface area contributed by atoms with E-state index in [9.17, 15) is 28.8 Å². The second-order valence-corrected chi connectivity index (χ2v) is 8.71. The SMILES string of the molecule is COCCOC(=O)OCCOC(=O)OCC(C)(COC(C)=O)C(=O)OCCOC(=O)C(C)(COC)COC(C)=O. The van der Waals surface area contributed by atoms with Crippen LogP contribution in [0.25, 0.3) is 0 Å². The molecule has 2 unspecified atom stereocenters. The first-order valence-corrected chi connectivity index (χ1v) is 12.0. The largest absolute Gasteiger partial charge is 0.508 e. The van der Waals surface area contributed by atoms with Crippen molar-refractivity contribution in [3.63, 3.8) is 0 Å². The Bertz CT molecular complexity index is 843. The maximum Gasteiger partial charge on any atom is 0.508 e. The van der Waals surface area contributed by atoms with E-state index in [-0.39, 0.29) is 52.9 Å². The molecule has 40 heavy (non-hydrogen) atoms. The van der Waals surface area contributed by atoms with Crippen molar-refractivity contribution in [2.24, 2.45) is 10.8 Å². The monoisotopic (exact) mass is 582 g/mol. The van der Waals surface area contributed by atoms with E-state index in [0.29, 0.717) is 0 Å². The standard InChI is InChI=1S/C24H38O16/c1-17(25)38-14-23(3,13-32-6)19(27)33-9-10-34-20(28)24(4,15-39-18(2)26)16-40-22(30)37-12-11-36-21(29)35-8-7-31-5/h7-16H2,1-6H3. The molecule has 0 saturated heterocycles. The first-order valence-electron chi connectivity index (χ1n) is 12.0. The number of hydrogen-bond donors (Lipinski definition) is 0. The van der Waals surface area contributed by atoms with Crippen LogP contribution in [0.4, 0.5) is 9.59 Å². The van der Waals surface area contributed by atoms with Gasteiger partial charge in [0, 0.05) is 28.1 Å². The molecule has 0 radical (unpaired) electrons. The molecule has 0 aliphatic heterocycles. The number of ether oxygens (including phenoxy) is 10. The Morgan fingerprint density at radius 3 is 1.20 bits per heavy atom. The summed E-state index contributed by atoms with van der Waals surface area (Å²) in [5.41, 5.74) is -2.94. The molecular weight excluding hydrogens is 544 g/mol. The van der Waals surface area contributed by atoms with Gasteiger partial charge in [0.1, 0.15) is 63.7 Å². The summed E-state index contributed by atoms with van der Waals surface area (Å²) in [6.45, 7) is 2.33. The van der Waals surface area contributed by atoms with Crippen LogP contribution in [0.3, 0.4) is 0 Å². The third-order valence-electron chi connectivity index (χ3n) is 4.73. The van der Waals surface area contributed by atoms with E-state index in [0.717, 1.165) is 6.92 Å². The van der Waals surface area contributed by atoms with Crippen molar-refractivity contribution < 1.29 is 76.1 Å². The van der Waals surface area contributed by atoms with E-state index in [1.807, 2.05) is 0 Å². The van der Waals surface area contributed by atoms with Gasteiger partial charge in [0.05, 0.1) is 13.2 Å². The van der Waals surface area contributed by atoms with Crippen molar-refractivity contribution in [2.45, 2.75) is 27.7 Å². The Morgan fingerprint density at radius 2 is 0.800 bits per heavy atom. The van der Waals surface area contributed by atoms with Gasteiger partial charge in [-0.1, -0.05) is 0 Å². The predicted octanol–water partition coefficient (Wildman–Crippen LogP) is 0.811. The van der Waals surface area contributed by atoms with Crippen LogP contribution in [-0.4, -0.2) is 116 Å². The van der Waals surface area contributed by atoms with Crippen LogP contribution >= 0.6 is 0 Å². The van der Waals surface area contributed by atoms with Crippen molar-refractivity contribution >= 4 is 36.2 Å². The summed E-state index contributed by atoms with van der Waals surface area (Å²) in [7, 11) is 2.79. The maximum absolute atomic E-state index is 12.7. The second-order valence-electron chi connectivity index (χ2n) is 8.71. The van der Waals surface area contributed by atoms with Gasteiger partial charge < -0.3 is 47.4 Å². The number of hydrogen-bond acceptors (Lipinski definition) is 16. The van der Waals surface area contributed by atoms with Crippen molar-refractivity contribution in [1.82, 2.24) is 0 Å². The third-order valence-corrected chi connectivity index (χ3v) is 4.73. The van der Waals surface area contributed by atoms with Gasteiger partial charge in [0.15, 0.2) is 0 Å². The van der Waals surface area contributed by atoms with Crippen molar-refractivity contribution in [3.8, 4) is 0 Å². The number of carbonyl (C=O) groups excluding carboxylic acids is 6. The van der Waals surface area contributed by atoms with E-state index >= 15 is 0 Å². The molecule has 0 N–H and O–H groups in total. The Kier molecular flexibility index (Phi) is 17.6. The van der Waals surface area contributed by atoms with E-state index in [1.54, 1.807) is 0 Å². The number of carbonyl (C=O) groups is 6. The normalized spacial score (nSPS) is 13.4. The highest BCUT2D eigenvalue weighted by Crippen LogP contribution is 2.22. The molecule has 0 aromatic rings. The molecule has 0 aliphatic carbocycles. The Hall–Kier alpha value is -3.66. The average Bonchev–Trinajstić information content (AvgIpc) is 2.90. The minimum absolute atomic E-state index is 0.0129.